The molecule has 2 rings (SSSR count). The maximum atomic E-state index is 3.54. The lowest BCUT2D eigenvalue weighted by molar-refractivity contribution is 0.248. The van der Waals surface area contributed by atoms with Crippen LogP contribution in [0, 0.1) is 6.92 Å². The van der Waals surface area contributed by atoms with Gasteiger partial charge in [0.05, 0.1) is 0 Å². The Balaban J connectivity index is 2.04. The van der Waals surface area contributed by atoms with Crippen molar-refractivity contribution in [2.45, 2.75) is 25.9 Å². The molecule has 1 atom stereocenters. The summed E-state index contributed by atoms with van der Waals surface area (Å²) in [4.78, 5) is 2.45. The number of hydrogen-bond acceptors (Lipinski definition) is 2. The van der Waals surface area contributed by atoms with Crippen LogP contribution in [0.5, 0.6) is 0 Å². The van der Waals surface area contributed by atoms with Crippen molar-refractivity contribution in [2.24, 2.45) is 0 Å². The molecule has 1 saturated heterocycles. The van der Waals surface area contributed by atoms with Crippen LogP contribution in [0.3, 0.4) is 0 Å². The molecular weight excluding hydrogens is 264 g/mol. The zero-order valence-electron chi connectivity index (χ0n) is 9.96. The van der Waals surface area contributed by atoms with E-state index in [9.17, 15) is 0 Å². The second-order valence-corrected chi connectivity index (χ2v) is 5.55. The number of likely N-dealkylation sites (N-methyl/N-ethyl adjacent to an activating group) is 1. The van der Waals surface area contributed by atoms with E-state index in [1.165, 1.54) is 22.0 Å². The molecule has 2 nitrogen and oxygen atoms in total. The van der Waals surface area contributed by atoms with Crippen molar-refractivity contribution in [3.63, 3.8) is 0 Å². The number of hydrogen-bond donors (Lipinski definition) is 1. The van der Waals surface area contributed by atoms with Gasteiger partial charge in [-0.1, -0.05) is 22.0 Å². The number of halogens is 1. The van der Waals surface area contributed by atoms with E-state index in [0.717, 1.165) is 19.6 Å². The van der Waals surface area contributed by atoms with E-state index < -0.39 is 0 Å². The lowest BCUT2D eigenvalue weighted by Gasteiger charge is -2.24. The van der Waals surface area contributed by atoms with Crippen LogP contribution in [0.1, 0.15) is 17.5 Å². The Kier molecular flexibility index (Phi) is 4.00. The van der Waals surface area contributed by atoms with E-state index in [1.54, 1.807) is 0 Å². The van der Waals surface area contributed by atoms with Crippen LogP contribution in [0.25, 0.3) is 0 Å². The van der Waals surface area contributed by atoms with E-state index >= 15 is 0 Å². The molecule has 1 N–H and O–H groups in total. The summed E-state index contributed by atoms with van der Waals surface area (Å²) in [6.07, 6.45) is 1.27. The van der Waals surface area contributed by atoms with Gasteiger partial charge in [-0.3, -0.25) is 4.90 Å². The van der Waals surface area contributed by atoms with E-state index in [-0.39, 0.29) is 0 Å². The predicted molar refractivity (Wildman–Crippen MR) is 71.6 cm³/mol. The highest BCUT2D eigenvalue weighted by molar-refractivity contribution is 9.10. The predicted octanol–water partition coefficient (Wildman–Crippen LogP) is 2.55. The van der Waals surface area contributed by atoms with Crippen molar-refractivity contribution in [2.75, 3.05) is 20.1 Å². The molecule has 1 aromatic carbocycles. The van der Waals surface area contributed by atoms with Crippen molar-refractivity contribution in [1.29, 1.82) is 0 Å². The largest absolute Gasteiger partial charge is 0.315 e. The normalized spacial score (nSPS) is 20.6. The molecule has 0 amide bonds. The lowest BCUT2D eigenvalue weighted by atomic mass is 10.1. The van der Waals surface area contributed by atoms with Gasteiger partial charge in [0.25, 0.3) is 0 Å². The van der Waals surface area contributed by atoms with Crippen LogP contribution >= 0.6 is 15.9 Å². The summed E-state index contributed by atoms with van der Waals surface area (Å²) < 4.78 is 1.17. The zero-order valence-corrected chi connectivity index (χ0v) is 11.5. The second-order valence-electron chi connectivity index (χ2n) is 4.63. The van der Waals surface area contributed by atoms with Gasteiger partial charge in [-0.05, 0) is 50.2 Å². The fourth-order valence-electron chi connectivity index (χ4n) is 2.22. The Labute approximate surface area is 106 Å². The molecule has 0 spiro atoms. The fraction of sp³-hybridized carbons (Fsp3) is 0.538. The Morgan fingerprint density at radius 3 is 3.00 bits per heavy atom. The highest BCUT2D eigenvalue weighted by atomic mass is 79.9. The van der Waals surface area contributed by atoms with Gasteiger partial charge in [0.2, 0.25) is 0 Å². The molecule has 16 heavy (non-hydrogen) atoms. The van der Waals surface area contributed by atoms with E-state index in [0.29, 0.717) is 6.04 Å². The monoisotopic (exact) mass is 282 g/mol. The minimum absolute atomic E-state index is 0.693. The minimum atomic E-state index is 0.693. The van der Waals surface area contributed by atoms with Gasteiger partial charge in [0.1, 0.15) is 0 Å². The third-order valence-electron chi connectivity index (χ3n) is 3.39. The van der Waals surface area contributed by atoms with Crippen LogP contribution in [0.2, 0.25) is 0 Å². The molecular formula is C13H19BrN2. The average Bonchev–Trinajstić information content (AvgIpc) is 2.76. The Bertz CT molecular complexity index is 359. The first-order valence-electron chi connectivity index (χ1n) is 5.83. The lowest BCUT2D eigenvalue weighted by Crippen LogP contribution is -2.33. The molecule has 1 heterocycles. The average molecular weight is 283 g/mol. The molecule has 0 aromatic heterocycles. The van der Waals surface area contributed by atoms with Gasteiger partial charge >= 0.3 is 0 Å². The van der Waals surface area contributed by atoms with Crippen molar-refractivity contribution in [3.05, 3.63) is 33.8 Å². The number of aryl methyl sites for hydroxylation is 1. The standard InChI is InChI=1S/C13H19BrN2/c1-10-3-4-12(14)7-11(10)9-16(2)13-5-6-15-8-13/h3-4,7,13,15H,5-6,8-9H2,1-2H3. The molecule has 88 valence electrons. The number of nitrogens with zero attached hydrogens (tertiary/aromatic N) is 1. The number of nitrogens with one attached hydrogen (secondary N) is 1. The fourth-order valence-corrected chi connectivity index (χ4v) is 2.63. The third kappa shape index (κ3) is 2.84. The first-order valence-corrected chi connectivity index (χ1v) is 6.62. The van der Waals surface area contributed by atoms with Crippen LogP contribution in [0.4, 0.5) is 0 Å². The summed E-state index contributed by atoms with van der Waals surface area (Å²) in [5.74, 6) is 0. The Hall–Kier alpha value is -0.380. The van der Waals surface area contributed by atoms with E-state index in [2.05, 4.69) is 58.3 Å². The number of rotatable bonds is 3. The van der Waals surface area contributed by atoms with Crippen LogP contribution in [-0.4, -0.2) is 31.1 Å². The topological polar surface area (TPSA) is 15.3 Å². The van der Waals surface area contributed by atoms with Crippen molar-refractivity contribution in [3.8, 4) is 0 Å². The highest BCUT2D eigenvalue weighted by Gasteiger charge is 2.19. The summed E-state index contributed by atoms with van der Waals surface area (Å²) in [5.41, 5.74) is 2.80. The smallest absolute Gasteiger partial charge is 0.0237 e. The van der Waals surface area contributed by atoms with Crippen LogP contribution in [0.15, 0.2) is 22.7 Å². The van der Waals surface area contributed by atoms with Crippen LogP contribution < -0.4 is 5.32 Å². The third-order valence-corrected chi connectivity index (χ3v) is 3.88. The SMILES string of the molecule is Cc1ccc(Br)cc1CN(C)C1CCNC1. The van der Waals surface area contributed by atoms with E-state index in [1.807, 2.05) is 0 Å². The molecule has 0 radical (unpaired) electrons. The summed E-state index contributed by atoms with van der Waals surface area (Å²) >= 11 is 3.54. The van der Waals surface area contributed by atoms with Crippen LogP contribution in [-0.2, 0) is 6.54 Å². The van der Waals surface area contributed by atoms with Crippen molar-refractivity contribution in [1.82, 2.24) is 10.2 Å². The minimum Gasteiger partial charge on any atom is -0.315 e. The summed E-state index contributed by atoms with van der Waals surface area (Å²) in [5, 5.41) is 3.41. The summed E-state index contributed by atoms with van der Waals surface area (Å²) in [6.45, 7) is 5.51. The Morgan fingerprint density at radius 2 is 2.31 bits per heavy atom. The van der Waals surface area contributed by atoms with E-state index in [4.69, 9.17) is 0 Å². The number of benzene rings is 1. The maximum absolute atomic E-state index is 3.54. The summed E-state index contributed by atoms with van der Waals surface area (Å²) in [7, 11) is 2.22. The van der Waals surface area contributed by atoms with Gasteiger partial charge in [-0.15, -0.1) is 0 Å². The zero-order chi connectivity index (χ0) is 11.5. The second kappa shape index (κ2) is 5.30. The molecule has 0 saturated carbocycles. The first kappa shape index (κ1) is 12.1. The van der Waals surface area contributed by atoms with Crippen molar-refractivity contribution < 1.29 is 0 Å². The Morgan fingerprint density at radius 1 is 1.50 bits per heavy atom. The van der Waals surface area contributed by atoms with Gasteiger partial charge in [0.15, 0.2) is 0 Å². The highest BCUT2D eigenvalue weighted by Crippen LogP contribution is 2.19. The van der Waals surface area contributed by atoms with Gasteiger partial charge < -0.3 is 5.32 Å². The molecule has 0 bridgehead atoms. The molecule has 1 aliphatic heterocycles. The van der Waals surface area contributed by atoms with Gasteiger partial charge in [-0.25, -0.2) is 0 Å². The van der Waals surface area contributed by atoms with Gasteiger partial charge in [-0.2, -0.15) is 0 Å². The molecule has 1 fully saturated rings. The molecule has 0 aliphatic carbocycles. The molecule has 1 unspecified atom stereocenters. The molecule has 1 aromatic rings. The quantitative estimate of drug-likeness (QED) is 0.917. The van der Waals surface area contributed by atoms with Gasteiger partial charge in [0, 0.05) is 23.6 Å². The molecule has 1 aliphatic rings. The molecule has 3 heteroatoms. The maximum Gasteiger partial charge on any atom is 0.0237 e. The summed E-state index contributed by atoms with van der Waals surface area (Å²) in [6, 6.07) is 7.21. The van der Waals surface area contributed by atoms with Crippen molar-refractivity contribution >= 4 is 15.9 Å². The first-order chi connectivity index (χ1) is 7.66.